The van der Waals surface area contributed by atoms with E-state index in [-0.39, 0.29) is 36.1 Å². The lowest BCUT2D eigenvalue weighted by Crippen LogP contribution is -2.38. The van der Waals surface area contributed by atoms with E-state index in [4.69, 9.17) is 19.3 Å². The van der Waals surface area contributed by atoms with Gasteiger partial charge in [0, 0.05) is 28.4 Å². The number of carbonyl (C=O) groups is 1. The summed E-state index contributed by atoms with van der Waals surface area (Å²) in [5.41, 5.74) is 7.98. The number of amides is 1. The highest BCUT2D eigenvalue weighted by Crippen LogP contribution is 2.29. The van der Waals surface area contributed by atoms with Gasteiger partial charge in [0.05, 0.1) is 0 Å². The molecule has 0 aliphatic carbocycles. The average molecular weight is 681 g/mol. The number of hydrogen-bond donors (Lipinski definition) is 2. The molecule has 2 atom stereocenters. The Morgan fingerprint density at radius 3 is 1.79 bits per heavy atom. The fourth-order valence-electron chi connectivity index (χ4n) is 3.85. The van der Waals surface area contributed by atoms with Crippen molar-refractivity contribution >= 4 is 72.3 Å². The van der Waals surface area contributed by atoms with Crippen molar-refractivity contribution in [2.24, 2.45) is 5.73 Å². The summed E-state index contributed by atoms with van der Waals surface area (Å²) < 4.78 is 44.3. The normalized spacial score (nSPS) is 12.9. The number of alkyl carbamates (subject to hydrolysis) is 1. The lowest BCUT2D eigenvalue weighted by Gasteiger charge is -2.22. The number of hydrogen-bond acceptors (Lipinski definition) is 5. The molecule has 0 spiro atoms. The van der Waals surface area contributed by atoms with Crippen molar-refractivity contribution in [3.63, 3.8) is 0 Å². The molecule has 6 nitrogen and oxygen atoms in total. The van der Waals surface area contributed by atoms with Gasteiger partial charge in [0.1, 0.15) is 28.4 Å². The van der Waals surface area contributed by atoms with Crippen LogP contribution in [0.4, 0.5) is 13.6 Å². The monoisotopic (exact) mass is 678 g/mol. The van der Waals surface area contributed by atoms with Crippen molar-refractivity contribution in [3.8, 4) is 0 Å². The maximum absolute atomic E-state index is 13.7. The van der Waals surface area contributed by atoms with Crippen molar-refractivity contribution in [3.05, 3.63) is 68.5 Å². The molecule has 0 unspecified atom stereocenters. The Bertz CT molecular complexity index is 1400. The second-order valence-corrected chi connectivity index (χ2v) is 11.6. The van der Waals surface area contributed by atoms with Gasteiger partial charge >= 0.3 is 6.09 Å². The first-order valence-corrected chi connectivity index (χ1v) is 13.3. The standard InChI is InChI=1S/C16H19BrFNO3.C11H11BrFNO.ClH/c1-9(19-15(20)22-16(2,3)4)5-10-6-12(18)7-11-8-13(17)21-14(10)11;1-6(14)2-7-3-9(13)4-8-5-10(12)15-11(7)8;/h6-9H,5H2,1-4H3,(H,19,20);3-6H,2,14H2,1H3;1H/t9-;6-;/m00./s1. The van der Waals surface area contributed by atoms with Crippen molar-refractivity contribution in [1.82, 2.24) is 5.32 Å². The summed E-state index contributed by atoms with van der Waals surface area (Å²) in [6.07, 6.45) is 0.551. The summed E-state index contributed by atoms with van der Waals surface area (Å²) >= 11 is 6.47. The average Bonchev–Trinajstić information content (AvgIpc) is 3.27. The number of furan rings is 2. The van der Waals surface area contributed by atoms with Crippen LogP contribution in [-0.2, 0) is 17.6 Å². The number of rotatable bonds is 5. The molecule has 4 aromatic rings. The third-order valence-corrected chi connectivity index (χ3v) is 5.87. The van der Waals surface area contributed by atoms with Gasteiger partial charge in [-0.05, 0) is 121 Å². The molecule has 0 saturated heterocycles. The molecule has 3 N–H and O–H groups in total. The summed E-state index contributed by atoms with van der Waals surface area (Å²) in [5.74, 6) is -0.591. The smallest absolute Gasteiger partial charge is 0.407 e. The molecule has 0 saturated carbocycles. The zero-order valence-corrected chi connectivity index (χ0v) is 25.7. The molecule has 11 heteroatoms. The largest absolute Gasteiger partial charge is 0.449 e. The first kappa shape index (κ1) is 32.1. The molecule has 2 aromatic carbocycles. The molecule has 2 heterocycles. The highest BCUT2D eigenvalue weighted by molar-refractivity contribution is 9.10. The van der Waals surface area contributed by atoms with Gasteiger partial charge in [0.2, 0.25) is 0 Å². The Morgan fingerprint density at radius 1 is 0.921 bits per heavy atom. The van der Waals surface area contributed by atoms with Crippen molar-refractivity contribution in [1.29, 1.82) is 0 Å². The molecule has 4 rings (SSSR count). The van der Waals surface area contributed by atoms with Crippen LogP contribution in [0, 0.1) is 11.6 Å². The van der Waals surface area contributed by atoms with E-state index in [9.17, 15) is 13.6 Å². The highest BCUT2D eigenvalue weighted by Gasteiger charge is 2.19. The van der Waals surface area contributed by atoms with Crippen LogP contribution >= 0.6 is 44.3 Å². The topological polar surface area (TPSA) is 90.6 Å². The number of nitrogens with two attached hydrogens (primary N) is 1. The van der Waals surface area contributed by atoms with E-state index in [0.717, 1.165) is 10.9 Å². The van der Waals surface area contributed by atoms with Crippen LogP contribution in [0.3, 0.4) is 0 Å². The minimum atomic E-state index is -0.554. The number of fused-ring (bicyclic) bond motifs is 2. The number of carbonyl (C=O) groups excluding carboxylic acids is 1. The fourth-order valence-corrected chi connectivity index (χ4v) is 4.66. The van der Waals surface area contributed by atoms with Gasteiger partial charge in [-0.1, -0.05) is 0 Å². The van der Waals surface area contributed by atoms with Crippen LogP contribution in [-0.4, -0.2) is 23.8 Å². The molecule has 1 amide bonds. The zero-order chi connectivity index (χ0) is 27.5. The van der Waals surface area contributed by atoms with E-state index in [1.165, 1.54) is 24.3 Å². The summed E-state index contributed by atoms with van der Waals surface area (Å²) in [4.78, 5) is 11.8. The van der Waals surface area contributed by atoms with Crippen molar-refractivity contribution in [2.45, 2.75) is 65.1 Å². The van der Waals surface area contributed by atoms with E-state index in [1.54, 1.807) is 32.9 Å². The van der Waals surface area contributed by atoms with Gasteiger partial charge in [-0.2, -0.15) is 0 Å². The molecule has 208 valence electrons. The Hall–Kier alpha value is -2.14. The summed E-state index contributed by atoms with van der Waals surface area (Å²) in [6.45, 7) is 9.11. The van der Waals surface area contributed by atoms with Crippen molar-refractivity contribution in [2.75, 3.05) is 0 Å². The molecule has 0 aliphatic rings. The third kappa shape index (κ3) is 9.25. The van der Waals surface area contributed by atoms with E-state index in [1.807, 2.05) is 13.8 Å². The molecule has 0 bridgehead atoms. The summed E-state index contributed by atoms with van der Waals surface area (Å²) in [7, 11) is 0. The maximum atomic E-state index is 13.7. The lowest BCUT2D eigenvalue weighted by molar-refractivity contribution is 0.0508. The van der Waals surface area contributed by atoms with E-state index in [0.29, 0.717) is 44.3 Å². The molecule has 0 radical (unpaired) electrons. The van der Waals surface area contributed by atoms with E-state index < -0.39 is 11.7 Å². The quantitative estimate of drug-likeness (QED) is 0.221. The first-order valence-electron chi connectivity index (χ1n) is 11.7. The Balaban J connectivity index is 0.000000277. The molecule has 38 heavy (non-hydrogen) atoms. The van der Waals surface area contributed by atoms with Gasteiger partial charge in [-0.25, -0.2) is 13.6 Å². The van der Waals surface area contributed by atoms with Crippen LogP contribution < -0.4 is 11.1 Å². The van der Waals surface area contributed by atoms with Crippen molar-refractivity contribution < 1.29 is 27.1 Å². The second-order valence-electron chi connectivity index (χ2n) is 10.0. The minimum Gasteiger partial charge on any atom is -0.449 e. The van der Waals surface area contributed by atoms with Crippen LogP contribution in [0.25, 0.3) is 21.9 Å². The van der Waals surface area contributed by atoms with Crippen LogP contribution in [0.2, 0.25) is 0 Å². The van der Waals surface area contributed by atoms with Crippen LogP contribution in [0.5, 0.6) is 0 Å². The van der Waals surface area contributed by atoms with Gasteiger partial charge in [-0.3, -0.25) is 0 Å². The molecular formula is C27H31Br2ClF2N2O4. The summed E-state index contributed by atoms with van der Waals surface area (Å²) in [6, 6.07) is 9.00. The SMILES string of the molecule is C[C@@H](Cc1cc(F)cc2cc(Br)oc12)NC(=O)OC(C)(C)C.C[C@H](N)Cc1cc(F)cc2cc(Br)oc12.Cl. The predicted molar refractivity (Wildman–Crippen MR) is 155 cm³/mol. The third-order valence-electron chi connectivity index (χ3n) is 5.09. The molecule has 2 aromatic heterocycles. The first-order chi connectivity index (χ1) is 17.2. The number of halogens is 5. The Labute approximate surface area is 243 Å². The summed E-state index contributed by atoms with van der Waals surface area (Å²) in [5, 5.41) is 4.19. The van der Waals surface area contributed by atoms with Gasteiger partial charge in [-0.15, -0.1) is 12.4 Å². The fraction of sp³-hybridized carbons (Fsp3) is 0.370. The van der Waals surface area contributed by atoms with Gasteiger partial charge in [0.25, 0.3) is 0 Å². The molecular weight excluding hydrogens is 650 g/mol. The Kier molecular flexibility index (Phi) is 11.2. The maximum Gasteiger partial charge on any atom is 0.407 e. The number of nitrogens with one attached hydrogen (secondary N) is 1. The number of ether oxygens (including phenoxy) is 1. The van der Waals surface area contributed by atoms with Crippen LogP contribution in [0.15, 0.2) is 54.6 Å². The molecule has 0 aliphatic heterocycles. The Morgan fingerprint density at radius 2 is 1.37 bits per heavy atom. The number of benzene rings is 2. The minimum absolute atomic E-state index is 0. The van der Waals surface area contributed by atoms with Crippen LogP contribution in [0.1, 0.15) is 45.7 Å². The highest BCUT2D eigenvalue weighted by atomic mass is 79.9. The lowest BCUT2D eigenvalue weighted by atomic mass is 10.0. The zero-order valence-electron chi connectivity index (χ0n) is 21.7. The second kappa shape index (κ2) is 13.3. The molecule has 0 fully saturated rings. The van der Waals surface area contributed by atoms with E-state index in [2.05, 4.69) is 37.2 Å². The van der Waals surface area contributed by atoms with E-state index >= 15 is 0 Å². The van der Waals surface area contributed by atoms with Gasteiger partial charge in [0.15, 0.2) is 9.34 Å². The predicted octanol–water partition coefficient (Wildman–Crippen LogP) is 8.44. The van der Waals surface area contributed by atoms with Gasteiger partial charge < -0.3 is 24.6 Å².